The molecule has 0 radical (unpaired) electrons. The van der Waals surface area contributed by atoms with E-state index in [0.29, 0.717) is 6.04 Å². The van der Waals surface area contributed by atoms with Crippen molar-refractivity contribution in [3.63, 3.8) is 0 Å². The Kier molecular flexibility index (Phi) is 5.50. The Balaban J connectivity index is 1.75. The maximum atomic E-state index is 6.41. The summed E-state index contributed by atoms with van der Waals surface area (Å²) in [5.41, 5.74) is 6.41. The molecule has 0 spiro atoms. The first-order valence-electron chi connectivity index (χ1n) is 8.14. The molecule has 0 amide bonds. The van der Waals surface area contributed by atoms with Gasteiger partial charge in [-0.15, -0.1) is 0 Å². The largest absolute Gasteiger partial charge is 0.326 e. The van der Waals surface area contributed by atoms with Crippen LogP contribution >= 0.6 is 0 Å². The predicted octanol–water partition coefficient (Wildman–Crippen LogP) is 3.26. The Labute approximate surface area is 113 Å². The summed E-state index contributed by atoms with van der Waals surface area (Å²) in [4.78, 5) is 2.64. The van der Waals surface area contributed by atoms with E-state index in [0.717, 1.165) is 24.3 Å². The zero-order valence-electron chi connectivity index (χ0n) is 12.4. The number of nitrogens with two attached hydrogens (primary N) is 1. The molecule has 2 atom stereocenters. The van der Waals surface area contributed by atoms with E-state index < -0.39 is 0 Å². The Morgan fingerprint density at radius 3 is 2.28 bits per heavy atom. The minimum Gasteiger partial charge on any atom is -0.326 e. The van der Waals surface area contributed by atoms with E-state index in [1.807, 2.05) is 0 Å². The molecule has 18 heavy (non-hydrogen) atoms. The fourth-order valence-corrected chi connectivity index (χ4v) is 3.86. The summed E-state index contributed by atoms with van der Waals surface area (Å²) in [6.07, 6.45) is 9.76. The highest BCUT2D eigenvalue weighted by molar-refractivity contribution is 4.82. The average Bonchev–Trinajstić information content (AvgIpc) is 2.77. The van der Waals surface area contributed by atoms with Crippen LogP contribution in [0.25, 0.3) is 0 Å². The van der Waals surface area contributed by atoms with E-state index >= 15 is 0 Å². The second kappa shape index (κ2) is 6.91. The zero-order chi connectivity index (χ0) is 13.0. The van der Waals surface area contributed by atoms with Gasteiger partial charge < -0.3 is 10.6 Å². The molecule has 1 saturated carbocycles. The zero-order valence-corrected chi connectivity index (χ0v) is 12.4. The van der Waals surface area contributed by atoms with Crippen molar-refractivity contribution in [3.8, 4) is 0 Å². The fraction of sp³-hybridized carbons (Fsp3) is 1.00. The van der Waals surface area contributed by atoms with E-state index in [4.69, 9.17) is 5.73 Å². The van der Waals surface area contributed by atoms with Gasteiger partial charge in [-0.3, -0.25) is 0 Å². The Morgan fingerprint density at radius 1 is 0.944 bits per heavy atom. The molecular weight excluding hydrogens is 220 g/mol. The van der Waals surface area contributed by atoms with Crippen LogP contribution in [0.5, 0.6) is 0 Å². The number of hydrogen-bond acceptors (Lipinski definition) is 2. The second-order valence-electron chi connectivity index (χ2n) is 6.94. The number of nitrogens with zero attached hydrogens (tertiary/aromatic N) is 1. The van der Waals surface area contributed by atoms with Gasteiger partial charge >= 0.3 is 0 Å². The molecule has 2 unspecified atom stereocenters. The van der Waals surface area contributed by atoms with Crippen LogP contribution in [0, 0.1) is 17.8 Å². The summed E-state index contributed by atoms with van der Waals surface area (Å²) in [5.74, 6) is 2.61. The van der Waals surface area contributed by atoms with Gasteiger partial charge in [-0.25, -0.2) is 0 Å². The van der Waals surface area contributed by atoms with Gasteiger partial charge in [-0.05, 0) is 62.9 Å². The van der Waals surface area contributed by atoms with E-state index in [-0.39, 0.29) is 0 Å². The van der Waals surface area contributed by atoms with Gasteiger partial charge in [0.2, 0.25) is 0 Å². The molecule has 1 aliphatic carbocycles. The van der Waals surface area contributed by atoms with Crippen molar-refractivity contribution < 1.29 is 0 Å². The highest BCUT2D eigenvalue weighted by Crippen LogP contribution is 2.28. The molecule has 0 aromatic rings. The summed E-state index contributed by atoms with van der Waals surface area (Å²) >= 11 is 0. The third-order valence-corrected chi connectivity index (χ3v) is 5.28. The SMILES string of the molecule is CC(C)C1CCCN(CC(N)C2CCCC2)CC1. The first-order valence-corrected chi connectivity index (χ1v) is 8.14. The van der Waals surface area contributed by atoms with E-state index in [2.05, 4.69) is 18.7 Å². The summed E-state index contributed by atoms with van der Waals surface area (Å²) in [6, 6.07) is 0.433. The fourth-order valence-electron chi connectivity index (χ4n) is 3.86. The van der Waals surface area contributed by atoms with Gasteiger partial charge in [0, 0.05) is 12.6 Å². The van der Waals surface area contributed by atoms with Crippen LogP contribution in [0.15, 0.2) is 0 Å². The summed E-state index contributed by atoms with van der Waals surface area (Å²) in [7, 11) is 0. The van der Waals surface area contributed by atoms with Crippen molar-refractivity contribution >= 4 is 0 Å². The van der Waals surface area contributed by atoms with Gasteiger partial charge in [0.15, 0.2) is 0 Å². The molecule has 1 saturated heterocycles. The maximum absolute atomic E-state index is 6.41. The average molecular weight is 252 g/mol. The van der Waals surface area contributed by atoms with Crippen LogP contribution in [0.2, 0.25) is 0 Å². The van der Waals surface area contributed by atoms with Crippen molar-refractivity contribution in [2.24, 2.45) is 23.5 Å². The Hall–Kier alpha value is -0.0800. The number of rotatable bonds is 4. The second-order valence-corrected chi connectivity index (χ2v) is 6.94. The lowest BCUT2D eigenvalue weighted by Gasteiger charge is -2.27. The van der Waals surface area contributed by atoms with E-state index in [1.54, 1.807) is 0 Å². The molecule has 1 aliphatic heterocycles. The van der Waals surface area contributed by atoms with Crippen molar-refractivity contribution in [3.05, 3.63) is 0 Å². The van der Waals surface area contributed by atoms with Crippen LogP contribution in [0.4, 0.5) is 0 Å². The van der Waals surface area contributed by atoms with Crippen molar-refractivity contribution in [2.75, 3.05) is 19.6 Å². The molecule has 2 heteroatoms. The number of likely N-dealkylation sites (tertiary alicyclic amines) is 1. The van der Waals surface area contributed by atoms with Crippen LogP contribution in [-0.2, 0) is 0 Å². The van der Waals surface area contributed by atoms with Gasteiger partial charge in [-0.2, -0.15) is 0 Å². The first-order chi connectivity index (χ1) is 8.66. The monoisotopic (exact) mass is 252 g/mol. The molecule has 0 bridgehead atoms. The lowest BCUT2D eigenvalue weighted by atomic mass is 9.89. The molecule has 2 aliphatic rings. The van der Waals surface area contributed by atoms with Gasteiger partial charge in [0.1, 0.15) is 0 Å². The summed E-state index contributed by atoms with van der Waals surface area (Å²) in [6.45, 7) is 8.47. The van der Waals surface area contributed by atoms with Crippen LogP contribution in [0.3, 0.4) is 0 Å². The molecule has 2 N–H and O–H groups in total. The standard InChI is InChI=1S/C16H32N2/c1-13(2)14-8-5-10-18(11-9-14)12-16(17)15-6-3-4-7-15/h13-16H,3-12,17H2,1-2H3. The van der Waals surface area contributed by atoms with Crippen molar-refractivity contribution in [2.45, 2.75) is 64.8 Å². The van der Waals surface area contributed by atoms with Gasteiger partial charge in [-0.1, -0.05) is 26.7 Å². The summed E-state index contributed by atoms with van der Waals surface area (Å²) < 4.78 is 0. The quantitative estimate of drug-likeness (QED) is 0.832. The minimum atomic E-state index is 0.433. The highest BCUT2D eigenvalue weighted by Gasteiger charge is 2.25. The van der Waals surface area contributed by atoms with Crippen molar-refractivity contribution in [1.29, 1.82) is 0 Å². The molecular formula is C16H32N2. The summed E-state index contributed by atoms with van der Waals surface area (Å²) in [5, 5.41) is 0. The third-order valence-electron chi connectivity index (χ3n) is 5.28. The molecule has 106 valence electrons. The maximum Gasteiger partial charge on any atom is 0.0196 e. The van der Waals surface area contributed by atoms with E-state index in [9.17, 15) is 0 Å². The first kappa shape index (κ1) is 14.3. The third kappa shape index (κ3) is 3.96. The topological polar surface area (TPSA) is 29.3 Å². The Morgan fingerprint density at radius 2 is 1.61 bits per heavy atom. The lowest BCUT2D eigenvalue weighted by molar-refractivity contribution is 0.231. The molecule has 1 heterocycles. The smallest absolute Gasteiger partial charge is 0.0196 e. The molecule has 2 nitrogen and oxygen atoms in total. The van der Waals surface area contributed by atoms with Crippen LogP contribution < -0.4 is 5.73 Å². The van der Waals surface area contributed by atoms with Gasteiger partial charge in [0.25, 0.3) is 0 Å². The predicted molar refractivity (Wildman–Crippen MR) is 78.6 cm³/mol. The molecule has 0 aromatic carbocycles. The Bertz CT molecular complexity index is 233. The normalized spacial score (nSPS) is 29.7. The molecule has 2 rings (SSSR count). The van der Waals surface area contributed by atoms with Crippen LogP contribution in [-0.4, -0.2) is 30.6 Å². The lowest BCUT2D eigenvalue weighted by Crippen LogP contribution is -2.42. The minimum absolute atomic E-state index is 0.433. The molecule has 2 fully saturated rings. The number of hydrogen-bond donors (Lipinski definition) is 1. The highest BCUT2D eigenvalue weighted by atomic mass is 15.1. The van der Waals surface area contributed by atoms with Crippen LogP contribution in [0.1, 0.15) is 58.8 Å². The van der Waals surface area contributed by atoms with Gasteiger partial charge in [0.05, 0.1) is 0 Å². The molecule has 0 aromatic heterocycles. The van der Waals surface area contributed by atoms with Crippen molar-refractivity contribution in [1.82, 2.24) is 4.90 Å². The van der Waals surface area contributed by atoms with E-state index in [1.165, 1.54) is 58.0 Å².